The molecule has 0 radical (unpaired) electrons. The van der Waals surface area contributed by atoms with Gasteiger partial charge in [0.1, 0.15) is 6.04 Å². The van der Waals surface area contributed by atoms with Crippen LogP contribution in [0.25, 0.3) is 0 Å². The minimum Gasteiger partial charge on any atom is -0.354 e. The molecular weight excluding hydrogens is 308 g/mol. The maximum Gasteiger partial charge on any atom is 0.242 e. The van der Waals surface area contributed by atoms with Gasteiger partial charge in [-0.05, 0) is 11.8 Å². The van der Waals surface area contributed by atoms with Crippen LogP contribution in [-0.4, -0.2) is 71.8 Å². The average Bonchev–Trinajstić information content (AvgIpc) is 2.77. The molecule has 0 bridgehead atoms. The average molecular weight is 338 g/mol. The van der Waals surface area contributed by atoms with E-state index in [4.69, 9.17) is 0 Å². The SMILES string of the molecule is CC(=O)NC[C@H]1C(=O)N2C[C@@H](NC(C)=O)C[C@H]2CN1CC(C)(C)C. The molecule has 2 saturated heterocycles. The van der Waals surface area contributed by atoms with Gasteiger partial charge in [-0.2, -0.15) is 0 Å². The van der Waals surface area contributed by atoms with E-state index in [1.165, 1.54) is 13.8 Å². The monoisotopic (exact) mass is 338 g/mol. The molecule has 2 fully saturated rings. The second kappa shape index (κ2) is 7.09. The first-order chi connectivity index (χ1) is 11.1. The summed E-state index contributed by atoms with van der Waals surface area (Å²) >= 11 is 0. The topological polar surface area (TPSA) is 81.8 Å². The number of carbonyl (C=O) groups excluding carboxylic acids is 3. The second-order valence-corrected chi connectivity index (χ2v) is 8.22. The molecule has 2 aliphatic rings. The van der Waals surface area contributed by atoms with Gasteiger partial charge in [0, 0.05) is 52.1 Å². The predicted octanol–water partition coefficient (Wildman–Crippen LogP) is -0.0416. The van der Waals surface area contributed by atoms with Gasteiger partial charge in [-0.3, -0.25) is 19.3 Å². The van der Waals surface area contributed by atoms with Crippen LogP contribution in [0, 0.1) is 5.41 Å². The van der Waals surface area contributed by atoms with Crippen LogP contribution in [0.5, 0.6) is 0 Å². The molecule has 2 heterocycles. The summed E-state index contributed by atoms with van der Waals surface area (Å²) in [4.78, 5) is 39.6. The Morgan fingerprint density at radius 1 is 1.17 bits per heavy atom. The molecule has 0 aliphatic carbocycles. The molecule has 2 aliphatic heterocycles. The van der Waals surface area contributed by atoms with E-state index in [0.717, 1.165) is 19.5 Å². The molecule has 3 atom stereocenters. The lowest BCUT2D eigenvalue weighted by atomic mass is 9.93. The third kappa shape index (κ3) is 4.69. The zero-order valence-corrected chi connectivity index (χ0v) is 15.4. The highest BCUT2D eigenvalue weighted by atomic mass is 16.2. The van der Waals surface area contributed by atoms with Gasteiger partial charge < -0.3 is 15.5 Å². The number of nitrogens with zero attached hydrogens (tertiary/aromatic N) is 2. The van der Waals surface area contributed by atoms with Crippen molar-refractivity contribution >= 4 is 17.7 Å². The fourth-order valence-corrected chi connectivity index (χ4v) is 3.74. The van der Waals surface area contributed by atoms with Gasteiger partial charge in [-0.1, -0.05) is 20.8 Å². The lowest BCUT2D eigenvalue weighted by molar-refractivity contribution is -0.144. The zero-order valence-electron chi connectivity index (χ0n) is 15.4. The highest BCUT2D eigenvalue weighted by Crippen LogP contribution is 2.28. The van der Waals surface area contributed by atoms with Crippen molar-refractivity contribution in [2.45, 2.75) is 59.2 Å². The Labute approximate surface area is 144 Å². The van der Waals surface area contributed by atoms with Crippen LogP contribution in [-0.2, 0) is 14.4 Å². The van der Waals surface area contributed by atoms with E-state index in [0.29, 0.717) is 13.1 Å². The molecule has 0 unspecified atom stereocenters. The third-order valence-electron chi connectivity index (χ3n) is 4.50. The number of carbonyl (C=O) groups is 3. The lowest BCUT2D eigenvalue weighted by Crippen LogP contribution is -2.63. The fraction of sp³-hybridized carbons (Fsp3) is 0.824. The number of piperazine rings is 1. The zero-order chi connectivity index (χ0) is 18.1. The van der Waals surface area contributed by atoms with Crippen molar-refractivity contribution < 1.29 is 14.4 Å². The molecule has 7 heteroatoms. The molecule has 0 saturated carbocycles. The van der Waals surface area contributed by atoms with Crippen LogP contribution in [0.1, 0.15) is 41.0 Å². The summed E-state index contributed by atoms with van der Waals surface area (Å²) in [5, 5.41) is 5.71. The summed E-state index contributed by atoms with van der Waals surface area (Å²) in [5.74, 6) is -0.135. The Morgan fingerprint density at radius 3 is 2.38 bits per heavy atom. The smallest absolute Gasteiger partial charge is 0.242 e. The summed E-state index contributed by atoms with van der Waals surface area (Å²) in [6.07, 6.45) is 0.790. The molecule has 0 aromatic heterocycles. The molecule has 2 rings (SSSR count). The van der Waals surface area contributed by atoms with Crippen molar-refractivity contribution in [3.8, 4) is 0 Å². The molecule has 7 nitrogen and oxygen atoms in total. The fourth-order valence-electron chi connectivity index (χ4n) is 3.74. The number of nitrogens with one attached hydrogen (secondary N) is 2. The first-order valence-corrected chi connectivity index (χ1v) is 8.63. The minimum atomic E-state index is -0.333. The minimum absolute atomic E-state index is 0.0208. The summed E-state index contributed by atoms with van der Waals surface area (Å²) in [6, 6.07) is -0.182. The molecule has 0 aromatic rings. The van der Waals surface area contributed by atoms with Gasteiger partial charge in [0.15, 0.2) is 0 Å². The van der Waals surface area contributed by atoms with E-state index in [2.05, 4.69) is 36.3 Å². The van der Waals surface area contributed by atoms with Crippen LogP contribution in [0.3, 0.4) is 0 Å². The molecule has 2 N–H and O–H groups in total. The van der Waals surface area contributed by atoms with Crippen molar-refractivity contribution in [1.82, 2.24) is 20.4 Å². The Morgan fingerprint density at radius 2 is 1.83 bits per heavy atom. The summed E-state index contributed by atoms with van der Waals surface area (Å²) in [5.41, 5.74) is 0.0621. The van der Waals surface area contributed by atoms with E-state index in [1.54, 1.807) is 0 Å². The number of rotatable bonds is 4. The number of hydrogen-bond donors (Lipinski definition) is 2. The predicted molar refractivity (Wildman–Crippen MR) is 91.2 cm³/mol. The lowest BCUT2D eigenvalue weighted by Gasteiger charge is -2.45. The Hall–Kier alpha value is -1.63. The van der Waals surface area contributed by atoms with Crippen molar-refractivity contribution in [3.05, 3.63) is 0 Å². The van der Waals surface area contributed by atoms with Crippen molar-refractivity contribution in [1.29, 1.82) is 0 Å². The summed E-state index contributed by atoms with van der Waals surface area (Å²) in [6.45, 7) is 11.9. The first kappa shape index (κ1) is 18.7. The van der Waals surface area contributed by atoms with Crippen LogP contribution < -0.4 is 10.6 Å². The largest absolute Gasteiger partial charge is 0.354 e. The quantitative estimate of drug-likeness (QED) is 0.754. The maximum absolute atomic E-state index is 13.0. The Bertz CT molecular complexity index is 514. The van der Waals surface area contributed by atoms with Crippen LogP contribution in [0.4, 0.5) is 0 Å². The molecular formula is C17H30N4O3. The van der Waals surface area contributed by atoms with E-state index in [1.807, 2.05) is 4.90 Å². The van der Waals surface area contributed by atoms with Crippen molar-refractivity contribution in [2.75, 3.05) is 26.2 Å². The number of fused-ring (bicyclic) bond motifs is 1. The van der Waals surface area contributed by atoms with E-state index in [-0.39, 0.29) is 41.3 Å². The molecule has 3 amide bonds. The number of hydrogen-bond acceptors (Lipinski definition) is 4. The van der Waals surface area contributed by atoms with Gasteiger partial charge in [0.2, 0.25) is 17.7 Å². The number of amides is 3. The standard InChI is InChI=1S/C17H30N4O3/c1-11(22)18-7-15-16(24)21-8-13(19-12(2)23)6-14(21)9-20(15)10-17(3,4)5/h13-15H,6-10H2,1-5H3,(H,18,22)(H,19,23)/t13-,14-,15-/m0/s1. The van der Waals surface area contributed by atoms with E-state index >= 15 is 0 Å². The molecule has 24 heavy (non-hydrogen) atoms. The maximum atomic E-state index is 13.0. The van der Waals surface area contributed by atoms with Crippen LogP contribution >= 0.6 is 0 Å². The third-order valence-corrected chi connectivity index (χ3v) is 4.50. The molecule has 0 spiro atoms. The first-order valence-electron chi connectivity index (χ1n) is 8.63. The second-order valence-electron chi connectivity index (χ2n) is 8.22. The Kier molecular flexibility index (Phi) is 5.52. The highest BCUT2D eigenvalue weighted by Gasteiger charge is 2.46. The molecule has 0 aromatic carbocycles. The van der Waals surface area contributed by atoms with Gasteiger partial charge in [-0.25, -0.2) is 0 Å². The van der Waals surface area contributed by atoms with Crippen molar-refractivity contribution in [3.63, 3.8) is 0 Å². The summed E-state index contributed by atoms with van der Waals surface area (Å²) < 4.78 is 0. The van der Waals surface area contributed by atoms with Crippen LogP contribution in [0.2, 0.25) is 0 Å². The van der Waals surface area contributed by atoms with Gasteiger partial charge in [0.05, 0.1) is 0 Å². The normalized spacial score (nSPS) is 27.8. The van der Waals surface area contributed by atoms with Gasteiger partial charge in [-0.15, -0.1) is 0 Å². The van der Waals surface area contributed by atoms with E-state index < -0.39 is 0 Å². The Balaban J connectivity index is 2.13. The molecule has 136 valence electrons. The van der Waals surface area contributed by atoms with Gasteiger partial charge >= 0.3 is 0 Å². The van der Waals surface area contributed by atoms with Gasteiger partial charge in [0.25, 0.3) is 0 Å². The highest BCUT2D eigenvalue weighted by molar-refractivity contribution is 5.85. The van der Waals surface area contributed by atoms with Crippen LogP contribution in [0.15, 0.2) is 0 Å². The summed E-state index contributed by atoms with van der Waals surface area (Å²) in [7, 11) is 0. The van der Waals surface area contributed by atoms with E-state index in [9.17, 15) is 14.4 Å². The van der Waals surface area contributed by atoms with Crippen molar-refractivity contribution in [2.24, 2.45) is 5.41 Å².